The molecule has 7 heteroatoms. The van der Waals surface area contributed by atoms with Crippen molar-refractivity contribution in [3.8, 4) is 11.4 Å². The summed E-state index contributed by atoms with van der Waals surface area (Å²) in [5, 5.41) is 21.5. The predicted molar refractivity (Wildman–Crippen MR) is 74.6 cm³/mol. The first kappa shape index (κ1) is 14.5. The molecule has 1 atom stereocenters. The number of rotatable bonds is 4. The fraction of sp³-hybridized carbons (Fsp3) is 0.385. The smallest absolute Gasteiger partial charge is 0.331 e. The largest absolute Gasteiger partial charge is 0.479 e. The van der Waals surface area contributed by atoms with Crippen molar-refractivity contribution < 1.29 is 9.90 Å². The third-order valence-electron chi connectivity index (χ3n) is 3.52. The Morgan fingerprint density at radius 1 is 1.50 bits per heavy atom. The molecule has 0 aliphatic rings. The van der Waals surface area contributed by atoms with Gasteiger partial charge in [-0.05, 0) is 54.5 Å². The van der Waals surface area contributed by atoms with Crippen molar-refractivity contribution in [2.24, 2.45) is 0 Å². The molecule has 2 aromatic rings. The van der Waals surface area contributed by atoms with Gasteiger partial charge in [-0.1, -0.05) is 18.5 Å². The van der Waals surface area contributed by atoms with E-state index in [1.54, 1.807) is 32.0 Å². The van der Waals surface area contributed by atoms with Crippen molar-refractivity contribution in [2.45, 2.75) is 32.7 Å². The first-order valence-corrected chi connectivity index (χ1v) is 6.56. The summed E-state index contributed by atoms with van der Waals surface area (Å²) in [5.74, 6) is -0.550. The van der Waals surface area contributed by atoms with Gasteiger partial charge in [0.25, 0.3) is 0 Å². The first-order valence-electron chi connectivity index (χ1n) is 6.19. The summed E-state index contributed by atoms with van der Waals surface area (Å²) in [4.78, 5) is 11.5. The van der Waals surface area contributed by atoms with Gasteiger partial charge in [-0.15, -0.1) is 5.10 Å². The van der Waals surface area contributed by atoms with Gasteiger partial charge in [0.2, 0.25) is 0 Å². The monoisotopic (exact) mass is 294 g/mol. The lowest BCUT2D eigenvalue weighted by molar-refractivity contribution is -0.147. The molecule has 0 bridgehead atoms. The van der Waals surface area contributed by atoms with Gasteiger partial charge in [-0.25, -0.2) is 9.48 Å². The summed E-state index contributed by atoms with van der Waals surface area (Å²) < 4.78 is 1.35. The summed E-state index contributed by atoms with van der Waals surface area (Å²) in [6.45, 7) is 5.26. The number of tetrazole rings is 1. The molecule has 0 aliphatic heterocycles. The summed E-state index contributed by atoms with van der Waals surface area (Å²) >= 11 is 5.93. The van der Waals surface area contributed by atoms with Crippen LogP contribution in [-0.4, -0.2) is 31.3 Å². The molecule has 1 aromatic heterocycles. The average molecular weight is 295 g/mol. The maximum atomic E-state index is 11.5. The Kier molecular flexibility index (Phi) is 3.76. The SMILES string of the molecule is CCC(C)(C(=O)O)n1nnnc1-c1ccc(Cl)cc1C. The molecular weight excluding hydrogens is 280 g/mol. The Labute approximate surface area is 121 Å². The summed E-state index contributed by atoms with van der Waals surface area (Å²) in [6.07, 6.45) is 0.368. The molecule has 106 valence electrons. The molecule has 0 spiro atoms. The second-order valence-electron chi connectivity index (χ2n) is 4.81. The van der Waals surface area contributed by atoms with E-state index in [0.29, 0.717) is 17.3 Å². The molecule has 1 N–H and O–H groups in total. The minimum atomic E-state index is -1.19. The lowest BCUT2D eigenvalue weighted by Crippen LogP contribution is -2.39. The van der Waals surface area contributed by atoms with E-state index in [1.807, 2.05) is 6.92 Å². The van der Waals surface area contributed by atoms with Crippen molar-refractivity contribution >= 4 is 17.6 Å². The number of aliphatic carboxylic acids is 1. The highest BCUT2D eigenvalue weighted by Gasteiger charge is 2.37. The fourth-order valence-electron chi connectivity index (χ4n) is 1.96. The maximum Gasteiger partial charge on any atom is 0.331 e. The molecule has 0 amide bonds. The van der Waals surface area contributed by atoms with E-state index >= 15 is 0 Å². The minimum Gasteiger partial charge on any atom is -0.479 e. The number of aromatic nitrogens is 4. The number of nitrogens with zero attached hydrogens (tertiary/aromatic N) is 4. The Bertz CT molecular complexity index is 656. The molecule has 20 heavy (non-hydrogen) atoms. The van der Waals surface area contributed by atoms with E-state index in [9.17, 15) is 9.90 Å². The normalized spacial score (nSPS) is 14.0. The van der Waals surface area contributed by atoms with E-state index in [0.717, 1.165) is 11.1 Å². The molecular formula is C13H15ClN4O2. The van der Waals surface area contributed by atoms with Crippen LogP contribution in [-0.2, 0) is 10.3 Å². The molecule has 6 nitrogen and oxygen atoms in total. The number of hydrogen-bond acceptors (Lipinski definition) is 4. The Morgan fingerprint density at radius 3 is 2.75 bits per heavy atom. The fourth-order valence-corrected chi connectivity index (χ4v) is 2.18. The van der Waals surface area contributed by atoms with Gasteiger partial charge in [-0.2, -0.15) is 0 Å². The van der Waals surface area contributed by atoms with Gasteiger partial charge in [0.15, 0.2) is 11.4 Å². The number of carboxylic acid groups (broad SMARTS) is 1. The van der Waals surface area contributed by atoms with Crippen molar-refractivity contribution in [3.05, 3.63) is 28.8 Å². The van der Waals surface area contributed by atoms with Crippen molar-refractivity contribution in [1.29, 1.82) is 0 Å². The van der Waals surface area contributed by atoms with Gasteiger partial charge < -0.3 is 5.11 Å². The minimum absolute atomic E-state index is 0.368. The molecule has 0 aliphatic carbocycles. The second kappa shape index (κ2) is 5.20. The Hall–Kier alpha value is -1.95. The van der Waals surface area contributed by atoms with Crippen LogP contribution in [0.4, 0.5) is 0 Å². The zero-order valence-corrected chi connectivity index (χ0v) is 12.2. The number of aryl methyl sites for hydroxylation is 1. The van der Waals surface area contributed by atoms with Crippen molar-refractivity contribution in [1.82, 2.24) is 20.2 Å². The molecule has 0 fully saturated rings. The van der Waals surface area contributed by atoms with Gasteiger partial charge in [0, 0.05) is 10.6 Å². The van der Waals surface area contributed by atoms with E-state index in [4.69, 9.17) is 11.6 Å². The number of halogens is 1. The quantitative estimate of drug-likeness (QED) is 0.937. The van der Waals surface area contributed by atoms with Crippen LogP contribution >= 0.6 is 11.6 Å². The standard InChI is InChI=1S/C13H15ClN4O2/c1-4-13(3,12(19)20)18-11(15-16-17-18)10-6-5-9(14)7-8(10)2/h5-7H,4H2,1-3H3,(H,19,20). The van der Waals surface area contributed by atoms with E-state index in [1.165, 1.54) is 4.68 Å². The highest BCUT2D eigenvalue weighted by Crippen LogP contribution is 2.29. The van der Waals surface area contributed by atoms with Crippen LogP contribution in [0.1, 0.15) is 25.8 Å². The Balaban J connectivity index is 2.61. The number of hydrogen-bond donors (Lipinski definition) is 1. The second-order valence-corrected chi connectivity index (χ2v) is 5.24. The molecule has 1 heterocycles. The van der Waals surface area contributed by atoms with Gasteiger partial charge in [0.05, 0.1) is 0 Å². The summed E-state index contributed by atoms with van der Waals surface area (Å²) in [6, 6.07) is 5.31. The third kappa shape index (κ3) is 2.27. The molecule has 1 unspecified atom stereocenters. The predicted octanol–water partition coefficient (Wildman–Crippen LogP) is 2.51. The number of carbonyl (C=O) groups is 1. The zero-order chi connectivity index (χ0) is 14.9. The highest BCUT2D eigenvalue weighted by molar-refractivity contribution is 6.30. The third-order valence-corrected chi connectivity index (χ3v) is 3.75. The van der Waals surface area contributed by atoms with Crippen LogP contribution < -0.4 is 0 Å². The topological polar surface area (TPSA) is 80.9 Å². The lowest BCUT2D eigenvalue weighted by Gasteiger charge is -2.24. The molecule has 0 radical (unpaired) electrons. The van der Waals surface area contributed by atoms with Crippen molar-refractivity contribution in [3.63, 3.8) is 0 Å². The van der Waals surface area contributed by atoms with Crippen LogP contribution in [0, 0.1) is 6.92 Å². The Morgan fingerprint density at radius 2 is 2.20 bits per heavy atom. The highest BCUT2D eigenvalue weighted by atomic mass is 35.5. The van der Waals surface area contributed by atoms with Gasteiger partial charge >= 0.3 is 5.97 Å². The van der Waals surface area contributed by atoms with Gasteiger partial charge in [0.1, 0.15) is 0 Å². The molecule has 1 aromatic carbocycles. The lowest BCUT2D eigenvalue weighted by atomic mass is 9.98. The number of benzene rings is 1. The summed E-state index contributed by atoms with van der Waals surface area (Å²) in [5.41, 5.74) is 0.461. The average Bonchev–Trinajstić information content (AvgIpc) is 2.87. The molecule has 0 saturated carbocycles. The summed E-state index contributed by atoms with van der Waals surface area (Å²) in [7, 11) is 0. The molecule has 0 saturated heterocycles. The van der Waals surface area contributed by atoms with Crippen molar-refractivity contribution in [2.75, 3.05) is 0 Å². The molecule has 2 rings (SSSR count). The zero-order valence-electron chi connectivity index (χ0n) is 11.5. The number of carboxylic acids is 1. The van der Waals surface area contributed by atoms with Crippen LogP contribution in [0.25, 0.3) is 11.4 Å². The van der Waals surface area contributed by atoms with E-state index in [2.05, 4.69) is 15.5 Å². The van der Waals surface area contributed by atoms with Crippen LogP contribution in [0.3, 0.4) is 0 Å². The maximum absolute atomic E-state index is 11.5. The van der Waals surface area contributed by atoms with E-state index in [-0.39, 0.29) is 0 Å². The van der Waals surface area contributed by atoms with Crippen LogP contribution in [0.5, 0.6) is 0 Å². The first-order chi connectivity index (χ1) is 9.40. The van der Waals surface area contributed by atoms with Crippen LogP contribution in [0.2, 0.25) is 5.02 Å². The van der Waals surface area contributed by atoms with E-state index < -0.39 is 11.5 Å². The van der Waals surface area contributed by atoms with Crippen LogP contribution in [0.15, 0.2) is 18.2 Å². The van der Waals surface area contributed by atoms with Gasteiger partial charge in [-0.3, -0.25) is 0 Å².